The van der Waals surface area contributed by atoms with Crippen LogP contribution in [0.3, 0.4) is 0 Å². The third-order valence-corrected chi connectivity index (χ3v) is 2.75. The molecule has 0 bridgehead atoms. The van der Waals surface area contributed by atoms with E-state index in [-0.39, 0.29) is 48.0 Å². The van der Waals surface area contributed by atoms with Gasteiger partial charge in [0.1, 0.15) is 6.79 Å². The summed E-state index contributed by atoms with van der Waals surface area (Å²) in [5.41, 5.74) is 1.15. The summed E-state index contributed by atoms with van der Waals surface area (Å²) < 4.78 is 10.7. The van der Waals surface area contributed by atoms with Gasteiger partial charge in [0, 0.05) is 18.2 Å². The van der Waals surface area contributed by atoms with E-state index in [2.05, 4.69) is 24.4 Å². The molecule has 1 N–H and O–H groups in total. The van der Waals surface area contributed by atoms with E-state index >= 15 is 0 Å². The van der Waals surface area contributed by atoms with Crippen LogP contribution in [0.15, 0.2) is 30.3 Å². The normalized spacial score (nSPS) is 23.1. The Balaban J connectivity index is -0.000000142. The van der Waals surface area contributed by atoms with Gasteiger partial charge in [0.05, 0.1) is 12.7 Å². The van der Waals surface area contributed by atoms with Gasteiger partial charge in [0.15, 0.2) is 0 Å². The van der Waals surface area contributed by atoms with Crippen LogP contribution >= 0.6 is 0 Å². The minimum Gasteiger partial charge on any atom is -1.00 e. The Morgan fingerprint density at radius 3 is 2.71 bits per heavy atom. The number of ether oxygens (including phenoxy) is 2. The van der Waals surface area contributed by atoms with Crippen LogP contribution in [0, 0.1) is 5.92 Å². The summed E-state index contributed by atoms with van der Waals surface area (Å²) in [5, 5.41) is 3.38. The second-order valence-electron chi connectivity index (χ2n) is 3.87. The maximum Gasteiger partial charge on any atom is 3.00 e. The van der Waals surface area contributed by atoms with Gasteiger partial charge in [0.25, 0.3) is 0 Å². The van der Waals surface area contributed by atoms with Crippen molar-refractivity contribution in [1.82, 2.24) is 0 Å². The molecule has 0 amide bonds. The summed E-state index contributed by atoms with van der Waals surface area (Å²) in [7, 11) is 0. The SMILES string of the molecule is CC1OCOCC1CNc1ccccc1.[Al+3].[H-].[H-].[H-].[H-].[Li+]. The zero-order valence-electron chi connectivity index (χ0n) is 14.6. The monoisotopic (exact) mass is 245 g/mol. The van der Waals surface area contributed by atoms with Crippen LogP contribution in [0.1, 0.15) is 12.6 Å². The molecule has 1 heterocycles. The molecule has 2 unspecified atom stereocenters. The number of benzene rings is 1. The number of hydrogen-bond donors (Lipinski definition) is 1. The molecule has 1 aliphatic heterocycles. The van der Waals surface area contributed by atoms with Crippen molar-refractivity contribution in [2.75, 3.05) is 25.3 Å². The summed E-state index contributed by atoms with van der Waals surface area (Å²) in [5.74, 6) is 0.430. The standard InChI is InChI=1S/C12H17NO2.Al.Li.4H/c1-10-11(8-14-9-15-10)7-13-12-5-3-2-4-6-12;;;;;;/h2-6,10-11,13H,7-9H2,1H3;;;;;;/q;+3;+1;4*-1. The van der Waals surface area contributed by atoms with E-state index in [1.807, 2.05) is 18.2 Å². The summed E-state index contributed by atoms with van der Waals surface area (Å²) in [6, 6.07) is 10.2. The first-order chi connectivity index (χ1) is 7.36. The molecule has 5 heteroatoms. The number of hydrogen-bond acceptors (Lipinski definition) is 3. The fourth-order valence-electron chi connectivity index (χ4n) is 1.66. The molecule has 1 aliphatic rings. The average Bonchev–Trinajstić information content (AvgIpc) is 2.29. The minimum absolute atomic E-state index is 0. The molecule has 0 saturated carbocycles. The molecular weight excluding hydrogens is 224 g/mol. The van der Waals surface area contributed by atoms with E-state index in [1.54, 1.807) is 0 Å². The van der Waals surface area contributed by atoms with E-state index in [9.17, 15) is 0 Å². The summed E-state index contributed by atoms with van der Waals surface area (Å²) in [6.45, 7) is 4.20. The minimum atomic E-state index is 0. The molecule has 3 nitrogen and oxygen atoms in total. The first kappa shape index (κ1) is 17.1. The van der Waals surface area contributed by atoms with Crippen molar-refractivity contribution < 1.29 is 34.0 Å². The smallest absolute Gasteiger partial charge is 1.00 e. The van der Waals surface area contributed by atoms with Crippen molar-refractivity contribution in [1.29, 1.82) is 0 Å². The molecule has 2 atom stereocenters. The Hall–Kier alpha value is 0.0699. The quantitative estimate of drug-likeness (QED) is 0.706. The van der Waals surface area contributed by atoms with Crippen molar-refractivity contribution in [3.05, 3.63) is 30.3 Å². The zero-order chi connectivity index (χ0) is 10.5. The van der Waals surface area contributed by atoms with Crippen molar-refractivity contribution in [3.63, 3.8) is 0 Å². The van der Waals surface area contributed by atoms with Crippen molar-refractivity contribution >= 4 is 23.0 Å². The van der Waals surface area contributed by atoms with E-state index in [0.29, 0.717) is 12.7 Å². The summed E-state index contributed by atoms with van der Waals surface area (Å²) in [4.78, 5) is 0. The first-order valence-corrected chi connectivity index (χ1v) is 5.34. The maximum atomic E-state index is 5.42. The summed E-state index contributed by atoms with van der Waals surface area (Å²) >= 11 is 0. The predicted octanol–water partition coefficient (Wildman–Crippen LogP) is -0.819. The van der Waals surface area contributed by atoms with Gasteiger partial charge in [-0.2, -0.15) is 0 Å². The number of rotatable bonds is 3. The fourth-order valence-corrected chi connectivity index (χ4v) is 1.66. The number of para-hydroxylation sites is 1. The zero-order valence-corrected chi connectivity index (χ0v) is 11.7. The van der Waals surface area contributed by atoms with Crippen LogP contribution in [0.5, 0.6) is 0 Å². The molecule has 90 valence electrons. The third kappa shape index (κ3) is 5.49. The van der Waals surface area contributed by atoms with E-state index in [4.69, 9.17) is 9.47 Å². The Labute approximate surface area is 132 Å². The van der Waals surface area contributed by atoms with Gasteiger partial charge in [-0.3, -0.25) is 0 Å². The molecule has 1 fully saturated rings. The molecule has 1 aromatic rings. The Bertz CT molecular complexity index is 315. The van der Waals surface area contributed by atoms with Gasteiger partial charge in [-0.05, 0) is 19.1 Å². The first-order valence-electron chi connectivity index (χ1n) is 5.34. The average molecular weight is 245 g/mol. The molecule has 17 heavy (non-hydrogen) atoms. The van der Waals surface area contributed by atoms with Gasteiger partial charge in [0.2, 0.25) is 0 Å². The molecule has 1 saturated heterocycles. The second-order valence-corrected chi connectivity index (χ2v) is 3.87. The van der Waals surface area contributed by atoms with Crippen molar-refractivity contribution in [2.24, 2.45) is 5.92 Å². The Morgan fingerprint density at radius 2 is 2.06 bits per heavy atom. The van der Waals surface area contributed by atoms with Crippen LogP contribution in [-0.4, -0.2) is 43.4 Å². The van der Waals surface area contributed by atoms with E-state index < -0.39 is 0 Å². The van der Waals surface area contributed by atoms with Gasteiger partial charge in [-0.25, -0.2) is 0 Å². The van der Waals surface area contributed by atoms with E-state index in [1.165, 1.54) is 0 Å². The molecule has 0 spiro atoms. The molecule has 1 aromatic carbocycles. The summed E-state index contributed by atoms with van der Waals surface area (Å²) in [6.07, 6.45) is 0.273. The van der Waals surface area contributed by atoms with Crippen LogP contribution in [-0.2, 0) is 9.47 Å². The molecule has 0 aromatic heterocycles. The Kier molecular flexibility index (Phi) is 9.10. The van der Waals surface area contributed by atoms with Gasteiger partial charge < -0.3 is 20.5 Å². The molecule has 0 aliphatic carbocycles. The second kappa shape index (κ2) is 9.06. The maximum absolute atomic E-state index is 5.42. The van der Waals surface area contributed by atoms with Crippen molar-refractivity contribution in [3.8, 4) is 0 Å². The van der Waals surface area contributed by atoms with Crippen LogP contribution in [0.25, 0.3) is 0 Å². The van der Waals surface area contributed by atoms with Gasteiger partial charge in [-0.15, -0.1) is 0 Å². The topological polar surface area (TPSA) is 30.5 Å². The number of nitrogens with one attached hydrogen (secondary N) is 1. The molecular formula is C12H21AlLiNO2. The van der Waals surface area contributed by atoms with Gasteiger partial charge >= 0.3 is 36.2 Å². The molecule has 2 rings (SSSR count). The Morgan fingerprint density at radius 1 is 1.35 bits per heavy atom. The largest absolute Gasteiger partial charge is 3.00 e. The third-order valence-electron chi connectivity index (χ3n) is 2.75. The van der Waals surface area contributed by atoms with Gasteiger partial charge in [-0.1, -0.05) is 18.2 Å². The van der Waals surface area contributed by atoms with Crippen LogP contribution in [0.2, 0.25) is 0 Å². The number of anilines is 1. The van der Waals surface area contributed by atoms with Crippen LogP contribution in [0.4, 0.5) is 5.69 Å². The predicted molar refractivity (Wildman–Crippen MR) is 70.0 cm³/mol. The van der Waals surface area contributed by atoms with E-state index in [0.717, 1.165) is 18.8 Å². The van der Waals surface area contributed by atoms with Crippen LogP contribution < -0.4 is 24.2 Å². The molecule has 0 radical (unpaired) electrons. The fraction of sp³-hybridized carbons (Fsp3) is 0.500. The van der Waals surface area contributed by atoms with Crippen molar-refractivity contribution in [2.45, 2.75) is 13.0 Å².